The first-order valence-corrected chi connectivity index (χ1v) is 14.5. The number of carbonyl (C=O) groups is 3. The van der Waals surface area contributed by atoms with Crippen LogP contribution in [0.3, 0.4) is 0 Å². The molecule has 2 aromatic carbocycles. The van der Waals surface area contributed by atoms with Crippen molar-refractivity contribution in [1.29, 1.82) is 0 Å². The third-order valence-corrected chi connectivity index (χ3v) is 9.11. The molecule has 5 rings (SSSR count). The third-order valence-electron chi connectivity index (χ3n) is 9.11. The molecular weight excluding hydrogens is 520 g/mol. The molecule has 3 heterocycles. The fourth-order valence-corrected chi connectivity index (χ4v) is 7.16. The van der Waals surface area contributed by atoms with E-state index in [4.69, 9.17) is 9.47 Å². The Hall–Kier alpha value is -3.49. The summed E-state index contributed by atoms with van der Waals surface area (Å²) in [6.07, 6.45) is 6.84. The molecule has 218 valence electrons. The van der Waals surface area contributed by atoms with Crippen molar-refractivity contribution in [3.05, 3.63) is 67.8 Å². The Morgan fingerprint density at radius 1 is 1.17 bits per heavy atom. The van der Waals surface area contributed by atoms with Gasteiger partial charge < -0.3 is 24.4 Å². The highest BCUT2D eigenvalue weighted by Gasteiger charge is 2.79. The van der Waals surface area contributed by atoms with E-state index in [2.05, 4.69) is 13.2 Å². The SMILES string of the molecule is C=CCCCCOC(=O)[C@@H]1[C@H]2C(=O)N([C@H](C)CO)C(C(=O)N(CC=C)c3ccc4ccccc4c3)C23CC[C@@]1(C)O3. The average molecular weight is 561 g/mol. The lowest BCUT2D eigenvalue weighted by Gasteiger charge is -2.38. The van der Waals surface area contributed by atoms with Crippen molar-refractivity contribution in [3.8, 4) is 0 Å². The molecule has 3 aliphatic heterocycles. The predicted octanol–water partition coefficient (Wildman–Crippen LogP) is 4.40. The second-order valence-corrected chi connectivity index (χ2v) is 11.7. The molecule has 0 saturated carbocycles. The molecule has 3 saturated heterocycles. The van der Waals surface area contributed by atoms with Crippen LogP contribution in [0.15, 0.2) is 67.8 Å². The van der Waals surface area contributed by atoms with Crippen molar-refractivity contribution in [1.82, 2.24) is 4.90 Å². The van der Waals surface area contributed by atoms with Gasteiger partial charge in [-0.3, -0.25) is 14.4 Å². The number of esters is 1. The van der Waals surface area contributed by atoms with Gasteiger partial charge in [-0.2, -0.15) is 0 Å². The minimum Gasteiger partial charge on any atom is -0.465 e. The molecule has 8 heteroatoms. The van der Waals surface area contributed by atoms with Crippen LogP contribution in [0.25, 0.3) is 10.8 Å². The zero-order valence-corrected chi connectivity index (χ0v) is 24.0. The van der Waals surface area contributed by atoms with Crippen molar-refractivity contribution >= 4 is 34.2 Å². The number of carbonyl (C=O) groups excluding carboxylic acids is 3. The first-order chi connectivity index (χ1) is 19.7. The van der Waals surface area contributed by atoms with E-state index in [1.54, 1.807) is 17.9 Å². The van der Waals surface area contributed by atoms with Gasteiger partial charge in [0.25, 0.3) is 5.91 Å². The van der Waals surface area contributed by atoms with E-state index in [-0.39, 0.29) is 31.6 Å². The molecule has 6 atom stereocenters. The summed E-state index contributed by atoms with van der Waals surface area (Å²) in [5.41, 5.74) is -1.45. The Morgan fingerprint density at radius 3 is 2.63 bits per heavy atom. The molecule has 0 aliphatic carbocycles. The van der Waals surface area contributed by atoms with Crippen molar-refractivity contribution in [2.24, 2.45) is 11.8 Å². The number of rotatable bonds is 12. The van der Waals surface area contributed by atoms with Gasteiger partial charge in [0, 0.05) is 12.2 Å². The van der Waals surface area contributed by atoms with Crippen LogP contribution in [0.5, 0.6) is 0 Å². The van der Waals surface area contributed by atoms with Crippen LogP contribution in [-0.4, -0.2) is 70.8 Å². The van der Waals surface area contributed by atoms with Crippen molar-refractivity contribution in [3.63, 3.8) is 0 Å². The number of likely N-dealkylation sites (tertiary alicyclic amines) is 1. The molecule has 2 aromatic rings. The number of anilines is 1. The number of aliphatic hydroxyl groups is 1. The van der Waals surface area contributed by atoms with Gasteiger partial charge in [-0.05, 0) is 68.9 Å². The standard InChI is InChI=1S/C33H40N2O6/c1-5-7-8-11-19-40-31(39)27-26-29(37)35(22(3)21-36)28(33(26)17-16-32(27,4)41-33)30(38)34(18-6-2)25-15-14-23-12-9-10-13-24(23)20-25/h5-6,9-10,12-15,20,22,26-28,36H,1-2,7-8,11,16-19,21H2,3-4H3/t22-,26+,27+,28?,32-,33?/m1/s1. The average Bonchev–Trinajstić information content (AvgIpc) is 3.55. The zero-order chi connectivity index (χ0) is 29.4. The Morgan fingerprint density at radius 2 is 1.93 bits per heavy atom. The molecule has 1 spiro atoms. The summed E-state index contributed by atoms with van der Waals surface area (Å²) in [6, 6.07) is 12.0. The monoisotopic (exact) mass is 560 g/mol. The number of ether oxygens (including phenoxy) is 2. The second kappa shape index (κ2) is 11.4. The molecule has 0 radical (unpaired) electrons. The highest BCUT2D eigenvalue weighted by Crippen LogP contribution is 2.63. The topological polar surface area (TPSA) is 96.4 Å². The van der Waals surface area contributed by atoms with E-state index < -0.39 is 41.1 Å². The predicted molar refractivity (Wildman–Crippen MR) is 157 cm³/mol. The first-order valence-electron chi connectivity index (χ1n) is 14.5. The van der Waals surface area contributed by atoms with Gasteiger partial charge in [-0.1, -0.05) is 42.5 Å². The number of fused-ring (bicyclic) bond motifs is 2. The number of benzene rings is 2. The first kappa shape index (κ1) is 29.0. The van der Waals surface area contributed by atoms with E-state index in [1.807, 2.05) is 55.5 Å². The van der Waals surface area contributed by atoms with Crippen LogP contribution in [0.2, 0.25) is 0 Å². The van der Waals surface area contributed by atoms with Crippen LogP contribution in [-0.2, 0) is 23.9 Å². The molecule has 0 aromatic heterocycles. The highest BCUT2D eigenvalue weighted by molar-refractivity contribution is 6.05. The quantitative estimate of drug-likeness (QED) is 0.235. The van der Waals surface area contributed by atoms with Crippen molar-refractivity contribution in [2.75, 3.05) is 24.7 Å². The number of unbranched alkanes of at least 4 members (excludes halogenated alkanes) is 2. The van der Waals surface area contributed by atoms with Crippen molar-refractivity contribution in [2.45, 2.75) is 69.2 Å². The molecule has 3 fully saturated rings. The second-order valence-electron chi connectivity index (χ2n) is 11.7. The minimum atomic E-state index is -1.20. The number of hydrogen-bond acceptors (Lipinski definition) is 6. The number of aliphatic hydroxyl groups excluding tert-OH is 1. The highest BCUT2D eigenvalue weighted by atomic mass is 16.6. The molecular formula is C33H40N2O6. The Bertz CT molecular complexity index is 1360. The lowest BCUT2D eigenvalue weighted by molar-refractivity contribution is -0.160. The molecule has 41 heavy (non-hydrogen) atoms. The molecule has 8 nitrogen and oxygen atoms in total. The van der Waals surface area contributed by atoms with Crippen LogP contribution in [0.4, 0.5) is 5.69 Å². The maximum atomic E-state index is 14.6. The number of hydrogen-bond donors (Lipinski definition) is 1. The van der Waals surface area contributed by atoms with Crippen molar-refractivity contribution < 1.29 is 29.0 Å². The number of allylic oxidation sites excluding steroid dienone is 1. The molecule has 2 unspecified atom stereocenters. The molecule has 3 aliphatic rings. The number of amides is 2. The van der Waals surface area contributed by atoms with Crippen LogP contribution in [0, 0.1) is 11.8 Å². The maximum absolute atomic E-state index is 14.6. The Kier molecular flexibility index (Phi) is 8.08. The van der Waals surface area contributed by atoms with Gasteiger partial charge in [0.2, 0.25) is 5.91 Å². The van der Waals surface area contributed by atoms with Gasteiger partial charge in [-0.15, -0.1) is 13.2 Å². The summed E-state index contributed by atoms with van der Waals surface area (Å²) in [7, 11) is 0. The zero-order valence-electron chi connectivity index (χ0n) is 24.0. The molecule has 1 N–H and O–H groups in total. The summed E-state index contributed by atoms with van der Waals surface area (Å²) >= 11 is 0. The summed E-state index contributed by atoms with van der Waals surface area (Å²) < 4.78 is 12.4. The Labute approximate surface area is 241 Å². The maximum Gasteiger partial charge on any atom is 0.312 e. The van der Waals surface area contributed by atoms with E-state index in [1.165, 1.54) is 4.90 Å². The van der Waals surface area contributed by atoms with E-state index in [9.17, 15) is 19.5 Å². The van der Waals surface area contributed by atoms with Gasteiger partial charge in [0.05, 0.1) is 30.8 Å². The minimum absolute atomic E-state index is 0.220. The van der Waals surface area contributed by atoms with Gasteiger partial charge in [0.1, 0.15) is 17.6 Å². The van der Waals surface area contributed by atoms with E-state index >= 15 is 0 Å². The molecule has 2 bridgehead atoms. The van der Waals surface area contributed by atoms with E-state index in [0.29, 0.717) is 24.9 Å². The fourth-order valence-electron chi connectivity index (χ4n) is 7.16. The van der Waals surface area contributed by atoms with Gasteiger partial charge in [-0.25, -0.2) is 0 Å². The fraction of sp³-hybridized carbons (Fsp3) is 0.485. The summed E-state index contributed by atoms with van der Waals surface area (Å²) in [6.45, 7) is 11.3. The summed E-state index contributed by atoms with van der Waals surface area (Å²) in [4.78, 5) is 45.4. The largest absolute Gasteiger partial charge is 0.465 e. The lowest BCUT2D eigenvalue weighted by atomic mass is 9.66. The van der Waals surface area contributed by atoms with Crippen LogP contribution in [0.1, 0.15) is 46.0 Å². The van der Waals surface area contributed by atoms with Gasteiger partial charge in [0.15, 0.2) is 0 Å². The van der Waals surface area contributed by atoms with Gasteiger partial charge >= 0.3 is 5.97 Å². The Balaban J connectivity index is 1.52. The van der Waals surface area contributed by atoms with E-state index in [0.717, 1.165) is 23.6 Å². The third kappa shape index (κ3) is 4.77. The van der Waals surface area contributed by atoms with Crippen LogP contribution < -0.4 is 4.90 Å². The summed E-state index contributed by atoms with van der Waals surface area (Å²) in [5, 5.41) is 12.2. The molecule has 2 amide bonds. The van der Waals surface area contributed by atoms with Crippen LogP contribution >= 0.6 is 0 Å². The summed E-state index contributed by atoms with van der Waals surface area (Å²) in [5.74, 6) is -2.83. The smallest absolute Gasteiger partial charge is 0.312 e. The number of nitrogens with zero attached hydrogens (tertiary/aromatic N) is 2. The lowest BCUT2D eigenvalue weighted by Crippen LogP contribution is -2.58. The normalized spacial score (nSPS) is 28.9.